The first-order valence-corrected chi connectivity index (χ1v) is 6.54. The molecule has 1 aromatic heterocycles. The minimum atomic E-state index is 0.627. The Kier molecular flexibility index (Phi) is 3.46. The van der Waals surface area contributed by atoms with E-state index in [0.717, 1.165) is 23.2 Å². The van der Waals surface area contributed by atoms with Crippen LogP contribution in [0.1, 0.15) is 11.5 Å². The topological polar surface area (TPSA) is 64.9 Å². The van der Waals surface area contributed by atoms with Gasteiger partial charge < -0.3 is 10.3 Å². The molecule has 0 fully saturated rings. The molecule has 3 rings (SSSR count). The Morgan fingerprint density at radius 2 is 1.65 bits per heavy atom. The highest BCUT2D eigenvalue weighted by Crippen LogP contribution is 2.17. The summed E-state index contributed by atoms with van der Waals surface area (Å²) in [7, 11) is 0. The molecule has 0 aliphatic rings. The molecule has 100 valence electrons. The maximum atomic E-state index is 5.91. The average molecular weight is 265 g/mol. The molecule has 0 saturated carbocycles. The van der Waals surface area contributed by atoms with Crippen LogP contribution in [-0.2, 0) is 12.8 Å². The number of nitrogen functional groups attached to an aromatic ring is 1. The van der Waals surface area contributed by atoms with E-state index in [1.807, 2.05) is 54.6 Å². The lowest BCUT2D eigenvalue weighted by Crippen LogP contribution is -1.97. The second kappa shape index (κ2) is 5.57. The van der Waals surface area contributed by atoms with Gasteiger partial charge in [-0.1, -0.05) is 53.7 Å². The van der Waals surface area contributed by atoms with E-state index in [9.17, 15) is 0 Å². The third-order valence-electron chi connectivity index (χ3n) is 3.16. The first-order valence-electron chi connectivity index (χ1n) is 6.54. The van der Waals surface area contributed by atoms with Gasteiger partial charge in [0.15, 0.2) is 0 Å². The summed E-state index contributed by atoms with van der Waals surface area (Å²) in [5.74, 6) is 1.26. The van der Waals surface area contributed by atoms with Crippen LogP contribution in [0, 0.1) is 0 Å². The van der Waals surface area contributed by atoms with Crippen LogP contribution >= 0.6 is 0 Å². The van der Waals surface area contributed by atoms with Crippen LogP contribution in [0.25, 0.3) is 11.4 Å². The molecule has 20 heavy (non-hydrogen) atoms. The van der Waals surface area contributed by atoms with Gasteiger partial charge in [0.1, 0.15) is 0 Å². The van der Waals surface area contributed by atoms with E-state index in [-0.39, 0.29) is 0 Å². The maximum Gasteiger partial charge on any atom is 0.227 e. The van der Waals surface area contributed by atoms with Crippen LogP contribution in [0.3, 0.4) is 0 Å². The van der Waals surface area contributed by atoms with Gasteiger partial charge >= 0.3 is 0 Å². The first kappa shape index (κ1) is 12.4. The quantitative estimate of drug-likeness (QED) is 0.736. The van der Waals surface area contributed by atoms with E-state index in [4.69, 9.17) is 10.3 Å². The molecule has 0 atom stereocenters. The van der Waals surface area contributed by atoms with Crippen molar-refractivity contribution >= 4 is 5.69 Å². The fraction of sp³-hybridized carbons (Fsp3) is 0.125. The number of aryl methyl sites for hydroxylation is 2. The predicted octanol–water partition coefficient (Wildman–Crippen LogP) is 3.10. The van der Waals surface area contributed by atoms with Crippen LogP contribution in [0.15, 0.2) is 59.1 Å². The number of hydrogen-bond donors (Lipinski definition) is 1. The zero-order chi connectivity index (χ0) is 13.8. The Hall–Kier alpha value is -2.62. The van der Waals surface area contributed by atoms with Crippen molar-refractivity contribution in [1.29, 1.82) is 0 Å². The number of nitrogens with two attached hydrogens (primary N) is 1. The monoisotopic (exact) mass is 265 g/mol. The molecule has 0 aliphatic carbocycles. The summed E-state index contributed by atoms with van der Waals surface area (Å²) in [5.41, 5.74) is 8.78. The van der Waals surface area contributed by atoms with Crippen LogP contribution < -0.4 is 5.73 Å². The smallest absolute Gasteiger partial charge is 0.227 e. The second-order valence-corrected chi connectivity index (χ2v) is 4.58. The van der Waals surface area contributed by atoms with E-state index in [1.165, 1.54) is 0 Å². The van der Waals surface area contributed by atoms with Crippen LogP contribution in [-0.4, -0.2) is 10.1 Å². The highest BCUT2D eigenvalue weighted by atomic mass is 16.5. The summed E-state index contributed by atoms with van der Waals surface area (Å²) in [6.07, 6.45) is 1.48. The molecule has 0 unspecified atom stereocenters. The van der Waals surface area contributed by atoms with Crippen molar-refractivity contribution in [2.45, 2.75) is 12.8 Å². The lowest BCUT2D eigenvalue weighted by Gasteiger charge is -2.02. The van der Waals surface area contributed by atoms with Crippen molar-refractivity contribution in [3.05, 3.63) is 66.1 Å². The van der Waals surface area contributed by atoms with Gasteiger partial charge in [-0.05, 0) is 18.1 Å². The second-order valence-electron chi connectivity index (χ2n) is 4.58. The summed E-state index contributed by atoms with van der Waals surface area (Å²) in [4.78, 5) is 4.41. The summed E-state index contributed by atoms with van der Waals surface area (Å²) < 4.78 is 5.28. The van der Waals surface area contributed by atoms with Gasteiger partial charge in [-0.2, -0.15) is 4.98 Å². The van der Waals surface area contributed by atoms with E-state index < -0.39 is 0 Å². The number of nitrogens with zero attached hydrogens (tertiary/aromatic N) is 2. The van der Waals surface area contributed by atoms with Gasteiger partial charge in [-0.15, -0.1) is 0 Å². The lowest BCUT2D eigenvalue weighted by molar-refractivity contribution is 0.379. The van der Waals surface area contributed by atoms with Crippen LogP contribution in [0.2, 0.25) is 0 Å². The SMILES string of the molecule is Nc1ccccc1CCc1nc(-c2ccccc2)no1. The molecule has 4 heteroatoms. The molecule has 4 nitrogen and oxygen atoms in total. The molecule has 2 N–H and O–H groups in total. The van der Waals surface area contributed by atoms with Gasteiger partial charge in [-0.3, -0.25) is 0 Å². The van der Waals surface area contributed by atoms with Crippen molar-refractivity contribution in [3.8, 4) is 11.4 Å². The molecule has 3 aromatic rings. The highest BCUT2D eigenvalue weighted by Gasteiger charge is 2.08. The number of aromatic nitrogens is 2. The van der Waals surface area contributed by atoms with Crippen molar-refractivity contribution in [3.63, 3.8) is 0 Å². The molecular weight excluding hydrogens is 250 g/mol. The minimum absolute atomic E-state index is 0.627. The molecule has 0 saturated heterocycles. The lowest BCUT2D eigenvalue weighted by atomic mass is 10.1. The zero-order valence-electron chi connectivity index (χ0n) is 11.0. The maximum absolute atomic E-state index is 5.91. The fourth-order valence-electron chi connectivity index (χ4n) is 2.06. The Morgan fingerprint density at radius 3 is 2.45 bits per heavy atom. The molecule has 1 heterocycles. The standard InChI is InChI=1S/C16H15N3O/c17-14-9-5-4-6-12(14)10-11-15-18-16(19-20-15)13-7-2-1-3-8-13/h1-9H,10-11,17H2. The van der Waals surface area contributed by atoms with Crippen molar-refractivity contribution < 1.29 is 4.52 Å². The van der Waals surface area contributed by atoms with Crippen LogP contribution in [0.4, 0.5) is 5.69 Å². The number of benzene rings is 2. The van der Waals surface area contributed by atoms with E-state index in [0.29, 0.717) is 18.1 Å². The third-order valence-corrected chi connectivity index (χ3v) is 3.16. The first-order chi connectivity index (χ1) is 9.83. The molecule has 2 aromatic carbocycles. The van der Waals surface area contributed by atoms with Crippen molar-refractivity contribution in [2.24, 2.45) is 0 Å². The summed E-state index contributed by atoms with van der Waals surface area (Å²) in [5, 5.41) is 4.00. The highest BCUT2D eigenvalue weighted by molar-refractivity contribution is 5.53. The molecule has 0 aliphatic heterocycles. The van der Waals surface area contributed by atoms with Gasteiger partial charge in [0.2, 0.25) is 11.7 Å². The largest absolute Gasteiger partial charge is 0.399 e. The Bertz CT molecular complexity index is 692. The van der Waals surface area contributed by atoms with E-state index in [2.05, 4.69) is 10.1 Å². The fourth-order valence-corrected chi connectivity index (χ4v) is 2.06. The third kappa shape index (κ3) is 2.69. The Balaban J connectivity index is 1.71. The normalized spacial score (nSPS) is 10.6. The van der Waals surface area contributed by atoms with Gasteiger partial charge in [0, 0.05) is 17.7 Å². The van der Waals surface area contributed by atoms with E-state index >= 15 is 0 Å². The number of hydrogen-bond acceptors (Lipinski definition) is 4. The zero-order valence-corrected chi connectivity index (χ0v) is 11.0. The van der Waals surface area contributed by atoms with Gasteiger partial charge in [0.05, 0.1) is 0 Å². The molecule has 0 radical (unpaired) electrons. The summed E-state index contributed by atoms with van der Waals surface area (Å²) in [6.45, 7) is 0. The number of para-hydroxylation sites is 1. The predicted molar refractivity (Wildman–Crippen MR) is 78.0 cm³/mol. The van der Waals surface area contributed by atoms with Crippen molar-refractivity contribution in [2.75, 3.05) is 5.73 Å². The van der Waals surface area contributed by atoms with Crippen molar-refractivity contribution in [1.82, 2.24) is 10.1 Å². The number of anilines is 1. The Labute approximate surface area is 117 Å². The number of rotatable bonds is 4. The van der Waals surface area contributed by atoms with Gasteiger partial charge in [-0.25, -0.2) is 0 Å². The summed E-state index contributed by atoms with van der Waals surface area (Å²) in [6, 6.07) is 17.6. The van der Waals surface area contributed by atoms with Crippen LogP contribution in [0.5, 0.6) is 0 Å². The summed E-state index contributed by atoms with van der Waals surface area (Å²) >= 11 is 0. The molecule has 0 spiro atoms. The molecule has 0 amide bonds. The minimum Gasteiger partial charge on any atom is -0.399 e. The molecule has 0 bridgehead atoms. The van der Waals surface area contributed by atoms with E-state index in [1.54, 1.807) is 0 Å². The van der Waals surface area contributed by atoms with Gasteiger partial charge in [0.25, 0.3) is 0 Å². The Morgan fingerprint density at radius 1 is 0.900 bits per heavy atom. The molecular formula is C16H15N3O. The average Bonchev–Trinajstić information content (AvgIpc) is 2.96.